The number of halogens is 5. The average molecular weight is 585 g/mol. The summed E-state index contributed by atoms with van der Waals surface area (Å²) in [4.78, 5) is 38.9. The Balaban J connectivity index is 1.52. The van der Waals surface area contributed by atoms with Crippen molar-refractivity contribution in [2.24, 2.45) is 7.05 Å². The van der Waals surface area contributed by atoms with Gasteiger partial charge in [-0.1, -0.05) is 29.3 Å². The molecule has 0 aliphatic heterocycles. The zero-order chi connectivity index (χ0) is 28.6. The van der Waals surface area contributed by atoms with Crippen molar-refractivity contribution in [1.82, 2.24) is 19.5 Å². The van der Waals surface area contributed by atoms with Crippen molar-refractivity contribution in [1.29, 1.82) is 0 Å². The third kappa shape index (κ3) is 5.33. The van der Waals surface area contributed by atoms with Crippen molar-refractivity contribution in [3.8, 4) is 11.1 Å². The van der Waals surface area contributed by atoms with Crippen LogP contribution in [0, 0.1) is 0 Å². The highest BCUT2D eigenvalue weighted by molar-refractivity contribution is 6.41. The molecule has 5 rings (SSSR count). The predicted molar refractivity (Wildman–Crippen MR) is 147 cm³/mol. The van der Waals surface area contributed by atoms with Gasteiger partial charge in [-0.3, -0.25) is 19.1 Å². The molecule has 8 nitrogen and oxygen atoms in total. The van der Waals surface area contributed by atoms with Crippen LogP contribution >= 0.6 is 23.2 Å². The Morgan fingerprint density at radius 2 is 1.77 bits per heavy atom. The Bertz CT molecular complexity index is 1830. The van der Waals surface area contributed by atoms with Crippen LogP contribution in [0.1, 0.15) is 15.9 Å². The number of aromatic nitrogens is 4. The van der Waals surface area contributed by atoms with E-state index in [2.05, 4.69) is 25.6 Å². The third-order valence-corrected chi connectivity index (χ3v) is 6.65. The molecule has 0 bridgehead atoms. The van der Waals surface area contributed by atoms with E-state index >= 15 is 0 Å². The maximum atomic E-state index is 13.4. The van der Waals surface area contributed by atoms with Gasteiger partial charge in [0.2, 0.25) is 5.95 Å². The lowest BCUT2D eigenvalue weighted by Gasteiger charge is -2.15. The molecule has 1 amide bonds. The molecule has 0 unspecified atom stereocenters. The number of nitrogens with zero attached hydrogens (tertiary/aromatic N) is 4. The highest BCUT2D eigenvalue weighted by atomic mass is 35.5. The highest BCUT2D eigenvalue weighted by Crippen LogP contribution is 2.39. The van der Waals surface area contributed by atoms with Gasteiger partial charge in [-0.2, -0.15) is 18.2 Å². The highest BCUT2D eigenvalue weighted by Gasteiger charge is 2.31. The molecule has 0 atom stereocenters. The first-order valence-corrected chi connectivity index (χ1v) is 12.3. The summed E-state index contributed by atoms with van der Waals surface area (Å²) in [7, 11) is 1.53. The summed E-state index contributed by atoms with van der Waals surface area (Å²) in [6, 6.07) is 11.8. The number of hydrogen-bond donors (Lipinski definition) is 2. The SMILES string of the molecule is Cn1c(=O)c(-c2c(Cl)ccc(NC(=O)c3cccc(C(F)(F)F)c3)c2Cl)cc2cnc(Nc3ccncc3)nc21. The average Bonchev–Trinajstić information content (AvgIpc) is 2.93. The molecule has 0 fully saturated rings. The molecular weight excluding hydrogens is 568 g/mol. The predicted octanol–water partition coefficient (Wildman–Crippen LogP) is 6.71. The second kappa shape index (κ2) is 10.6. The number of alkyl halides is 3. The van der Waals surface area contributed by atoms with Crippen LogP contribution in [-0.4, -0.2) is 25.4 Å². The summed E-state index contributed by atoms with van der Waals surface area (Å²) in [6.45, 7) is 0. The van der Waals surface area contributed by atoms with E-state index in [9.17, 15) is 22.8 Å². The van der Waals surface area contributed by atoms with Gasteiger partial charge in [-0.15, -0.1) is 0 Å². The summed E-state index contributed by atoms with van der Waals surface area (Å²) in [5.41, 5.74) is -0.336. The van der Waals surface area contributed by atoms with Crippen LogP contribution in [0.25, 0.3) is 22.2 Å². The largest absolute Gasteiger partial charge is 0.416 e. The van der Waals surface area contributed by atoms with E-state index in [4.69, 9.17) is 23.2 Å². The van der Waals surface area contributed by atoms with Gasteiger partial charge in [0.15, 0.2) is 0 Å². The number of rotatable bonds is 5. The van der Waals surface area contributed by atoms with Crippen LogP contribution in [0.2, 0.25) is 10.0 Å². The van der Waals surface area contributed by atoms with Crippen LogP contribution < -0.4 is 16.2 Å². The normalized spacial score (nSPS) is 11.4. The summed E-state index contributed by atoms with van der Waals surface area (Å²) in [5.74, 6) is -0.563. The van der Waals surface area contributed by atoms with E-state index in [-0.39, 0.29) is 38.4 Å². The van der Waals surface area contributed by atoms with Gasteiger partial charge in [0.05, 0.1) is 26.9 Å². The van der Waals surface area contributed by atoms with E-state index in [0.29, 0.717) is 16.7 Å². The summed E-state index contributed by atoms with van der Waals surface area (Å²) in [5, 5.41) is 6.09. The van der Waals surface area contributed by atoms with Gasteiger partial charge in [-0.25, -0.2) is 4.98 Å². The van der Waals surface area contributed by atoms with Crippen molar-refractivity contribution in [2.75, 3.05) is 10.6 Å². The summed E-state index contributed by atoms with van der Waals surface area (Å²) >= 11 is 13.0. The standard InChI is InChI=1S/C27H17Cl2F3N6O2/c1-38-23-15(13-34-26(37-23)35-17-7-9-33-10-8-17)12-18(25(38)40)21-19(28)5-6-20(22(21)29)36-24(39)14-3-2-4-16(11-14)27(30,31)32/h2-13H,1H3,(H,36,39)(H,33,34,35,37). The van der Waals surface area contributed by atoms with Crippen LogP contribution in [0.4, 0.5) is 30.5 Å². The molecule has 5 aromatic rings. The van der Waals surface area contributed by atoms with Crippen molar-refractivity contribution in [3.05, 3.63) is 105 Å². The fraction of sp³-hybridized carbons (Fsp3) is 0.0741. The van der Waals surface area contributed by atoms with Gasteiger partial charge in [0.1, 0.15) is 5.65 Å². The molecule has 202 valence electrons. The topological polar surface area (TPSA) is 102 Å². The van der Waals surface area contributed by atoms with E-state index in [0.717, 1.165) is 18.2 Å². The van der Waals surface area contributed by atoms with E-state index in [1.54, 1.807) is 24.5 Å². The number of benzene rings is 2. The van der Waals surface area contributed by atoms with Gasteiger partial charge >= 0.3 is 6.18 Å². The molecule has 0 saturated heterocycles. The van der Waals surface area contributed by atoms with Gasteiger partial charge in [0, 0.05) is 47.8 Å². The Morgan fingerprint density at radius 3 is 2.50 bits per heavy atom. The lowest BCUT2D eigenvalue weighted by atomic mass is 10.0. The first-order chi connectivity index (χ1) is 19.0. The van der Waals surface area contributed by atoms with Gasteiger partial charge < -0.3 is 10.6 Å². The maximum Gasteiger partial charge on any atom is 0.416 e. The van der Waals surface area contributed by atoms with Crippen molar-refractivity contribution in [2.45, 2.75) is 6.18 Å². The number of anilines is 3. The first kappa shape index (κ1) is 27.1. The molecule has 3 aromatic heterocycles. The zero-order valence-corrected chi connectivity index (χ0v) is 21.9. The molecule has 0 saturated carbocycles. The van der Waals surface area contributed by atoms with E-state index < -0.39 is 23.2 Å². The number of pyridine rings is 2. The lowest BCUT2D eigenvalue weighted by Crippen LogP contribution is -2.20. The van der Waals surface area contributed by atoms with Crippen LogP contribution in [-0.2, 0) is 13.2 Å². The minimum atomic E-state index is -4.61. The number of amides is 1. The van der Waals surface area contributed by atoms with Crippen LogP contribution in [0.3, 0.4) is 0 Å². The summed E-state index contributed by atoms with van der Waals surface area (Å²) in [6.07, 6.45) is 0.122. The number of carbonyl (C=O) groups is 1. The molecule has 3 heterocycles. The van der Waals surface area contributed by atoms with Crippen molar-refractivity contribution in [3.63, 3.8) is 0 Å². The number of aryl methyl sites for hydroxylation is 1. The molecule has 2 aromatic carbocycles. The number of nitrogens with one attached hydrogen (secondary N) is 2. The molecule has 0 radical (unpaired) electrons. The molecule has 0 aliphatic carbocycles. The Hall–Kier alpha value is -4.48. The lowest BCUT2D eigenvalue weighted by molar-refractivity contribution is -0.137. The van der Waals surface area contributed by atoms with Gasteiger partial charge in [-0.05, 0) is 48.5 Å². The van der Waals surface area contributed by atoms with E-state index in [1.165, 1.54) is 42.1 Å². The third-order valence-electron chi connectivity index (χ3n) is 5.95. The molecule has 0 aliphatic rings. The fourth-order valence-electron chi connectivity index (χ4n) is 3.98. The van der Waals surface area contributed by atoms with Gasteiger partial charge in [0.25, 0.3) is 11.5 Å². The Labute approximate surface area is 234 Å². The monoisotopic (exact) mass is 584 g/mol. The number of hydrogen-bond acceptors (Lipinski definition) is 6. The maximum absolute atomic E-state index is 13.4. The Morgan fingerprint density at radius 1 is 1.02 bits per heavy atom. The van der Waals surface area contributed by atoms with Crippen LogP contribution in [0.15, 0.2) is 78.0 Å². The van der Waals surface area contributed by atoms with Crippen molar-refractivity contribution >= 4 is 57.5 Å². The second-order valence-corrected chi connectivity index (χ2v) is 9.36. The quantitative estimate of drug-likeness (QED) is 0.238. The molecule has 2 N–H and O–H groups in total. The summed E-state index contributed by atoms with van der Waals surface area (Å²) < 4.78 is 40.6. The molecular formula is C27H17Cl2F3N6O2. The zero-order valence-electron chi connectivity index (χ0n) is 20.4. The van der Waals surface area contributed by atoms with E-state index in [1.807, 2.05) is 0 Å². The first-order valence-electron chi connectivity index (χ1n) is 11.5. The minimum Gasteiger partial charge on any atom is -0.324 e. The van der Waals surface area contributed by atoms with Crippen LogP contribution in [0.5, 0.6) is 0 Å². The minimum absolute atomic E-state index is 0.0544. The molecule has 13 heteroatoms. The fourth-order valence-corrected chi connectivity index (χ4v) is 4.60. The number of fused-ring (bicyclic) bond motifs is 1. The Kier molecular flexibility index (Phi) is 7.17. The molecule has 40 heavy (non-hydrogen) atoms. The second-order valence-electron chi connectivity index (χ2n) is 8.57. The number of carbonyl (C=O) groups excluding carboxylic acids is 1. The molecule has 0 spiro atoms. The van der Waals surface area contributed by atoms with Crippen molar-refractivity contribution < 1.29 is 18.0 Å². The smallest absolute Gasteiger partial charge is 0.324 e.